The summed E-state index contributed by atoms with van der Waals surface area (Å²) in [6.45, 7) is 0.252. The third kappa shape index (κ3) is 4.11. The molecule has 0 fully saturated rings. The van der Waals surface area contributed by atoms with Gasteiger partial charge in [-0.1, -0.05) is 30.3 Å². The number of halogens is 1. The van der Waals surface area contributed by atoms with Gasteiger partial charge in [-0.15, -0.1) is 0 Å². The zero-order valence-corrected chi connectivity index (χ0v) is 9.67. The summed E-state index contributed by atoms with van der Waals surface area (Å²) in [5.74, 6) is -0.0965. The molecule has 0 radical (unpaired) electrons. The lowest BCUT2D eigenvalue weighted by Crippen LogP contribution is -2.34. The van der Waals surface area contributed by atoms with Gasteiger partial charge >= 0.3 is 5.97 Å². The first-order valence-electron chi connectivity index (χ1n) is 4.45. The van der Waals surface area contributed by atoms with E-state index in [0.29, 0.717) is 5.75 Å². The van der Waals surface area contributed by atoms with E-state index in [0.717, 1.165) is 5.56 Å². The van der Waals surface area contributed by atoms with Crippen molar-refractivity contribution in [3.05, 3.63) is 35.9 Å². The average Bonchev–Trinajstić information content (AvgIpc) is 2.29. The van der Waals surface area contributed by atoms with Crippen LogP contribution < -0.4 is 4.84 Å². The Balaban J connectivity index is 2.40. The maximum atomic E-state index is 11.4. The number of hydrogen-bond acceptors (Lipinski definition) is 4. The van der Waals surface area contributed by atoms with E-state index in [1.165, 1.54) is 0 Å². The van der Waals surface area contributed by atoms with Crippen LogP contribution in [-0.2, 0) is 16.1 Å². The van der Waals surface area contributed by atoms with Crippen molar-refractivity contribution in [1.82, 2.24) is 4.84 Å². The van der Waals surface area contributed by atoms with Gasteiger partial charge in [0, 0.05) is 5.75 Å². The Morgan fingerprint density at radius 1 is 1.47 bits per heavy atom. The molecule has 0 saturated heterocycles. The molecule has 1 atom stereocenters. The van der Waals surface area contributed by atoms with Crippen LogP contribution in [0.4, 0.5) is 0 Å². The highest BCUT2D eigenvalue weighted by Gasteiger charge is 2.16. The lowest BCUT2D eigenvalue weighted by molar-refractivity contribution is -0.146. The zero-order valence-electron chi connectivity index (χ0n) is 8.02. The third-order valence-electron chi connectivity index (χ3n) is 1.82. The van der Waals surface area contributed by atoms with Crippen LogP contribution in [0, 0.1) is 0 Å². The number of thiol groups is 1. The Bertz CT molecular complexity index is 304. The molecule has 1 aromatic carbocycles. The number of rotatable bonds is 5. The van der Waals surface area contributed by atoms with Crippen LogP contribution in [0.15, 0.2) is 30.3 Å². The Labute approximate surface area is 99.3 Å². The van der Waals surface area contributed by atoms with Crippen LogP contribution in [0.5, 0.6) is 0 Å². The van der Waals surface area contributed by atoms with Crippen LogP contribution >= 0.6 is 24.4 Å². The Morgan fingerprint density at radius 3 is 2.67 bits per heavy atom. The standard InChI is InChI=1S/C10H12ClNO2S/c11-12-9(7-15)10(13)14-6-8-4-2-1-3-5-8/h1-5,9,12,15H,6-7H2. The molecule has 3 nitrogen and oxygen atoms in total. The molecule has 0 bridgehead atoms. The number of carbonyl (C=O) groups is 1. The fraction of sp³-hybridized carbons (Fsp3) is 0.300. The summed E-state index contributed by atoms with van der Waals surface area (Å²) >= 11 is 9.31. The molecule has 0 amide bonds. The third-order valence-corrected chi connectivity index (χ3v) is 2.45. The van der Waals surface area contributed by atoms with Gasteiger partial charge in [0.1, 0.15) is 12.6 Å². The molecular formula is C10H12ClNO2S. The zero-order chi connectivity index (χ0) is 11.1. The van der Waals surface area contributed by atoms with Crippen molar-refractivity contribution >= 4 is 30.4 Å². The normalized spacial score (nSPS) is 12.1. The van der Waals surface area contributed by atoms with E-state index in [2.05, 4.69) is 17.5 Å². The van der Waals surface area contributed by atoms with Crippen molar-refractivity contribution in [2.24, 2.45) is 0 Å². The van der Waals surface area contributed by atoms with Gasteiger partial charge in [-0.3, -0.25) is 4.79 Å². The van der Waals surface area contributed by atoms with Gasteiger partial charge in [-0.2, -0.15) is 12.6 Å². The lowest BCUT2D eigenvalue weighted by atomic mass is 10.2. The molecule has 0 aliphatic heterocycles. The molecule has 82 valence electrons. The molecular weight excluding hydrogens is 234 g/mol. The van der Waals surface area contributed by atoms with Crippen molar-refractivity contribution < 1.29 is 9.53 Å². The van der Waals surface area contributed by atoms with Crippen molar-refractivity contribution in [2.75, 3.05) is 5.75 Å². The van der Waals surface area contributed by atoms with E-state index in [4.69, 9.17) is 16.5 Å². The molecule has 0 spiro atoms. The van der Waals surface area contributed by atoms with E-state index in [9.17, 15) is 4.79 Å². The van der Waals surface area contributed by atoms with Gasteiger partial charge in [0.2, 0.25) is 0 Å². The summed E-state index contributed by atoms with van der Waals surface area (Å²) in [5, 5.41) is 0. The first-order valence-corrected chi connectivity index (χ1v) is 5.46. The molecule has 1 N–H and O–H groups in total. The molecule has 0 aliphatic rings. The molecule has 1 aromatic rings. The van der Waals surface area contributed by atoms with Crippen molar-refractivity contribution in [3.63, 3.8) is 0 Å². The smallest absolute Gasteiger partial charge is 0.325 e. The van der Waals surface area contributed by atoms with Crippen molar-refractivity contribution in [1.29, 1.82) is 0 Å². The number of nitrogens with one attached hydrogen (secondary N) is 1. The number of esters is 1. The van der Waals surface area contributed by atoms with Gasteiger partial charge in [0.05, 0.1) is 0 Å². The minimum atomic E-state index is -0.571. The number of benzene rings is 1. The van der Waals surface area contributed by atoms with Crippen LogP contribution in [0.3, 0.4) is 0 Å². The van der Waals surface area contributed by atoms with Gasteiger partial charge in [0.15, 0.2) is 0 Å². The fourth-order valence-electron chi connectivity index (χ4n) is 0.983. The minimum absolute atomic E-state index is 0.252. The quantitative estimate of drug-likeness (QED) is 0.472. The molecule has 5 heteroatoms. The summed E-state index contributed by atoms with van der Waals surface area (Å²) in [6.07, 6.45) is 0. The lowest BCUT2D eigenvalue weighted by Gasteiger charge is -2.11. The van der Waals surface area contributed by atoms with E-state index >= 15 is 0 Å². The SMILES string of the molecule is O=C(OCc1ccccc1)C(CS)NCl. The summed E-state index contributed by atoms with van der Waals surface area (Å²) in [4.78, 5) is 13.7. The highest BCUT2D eigenvalue weighted by Crippen LogP contribution is 2.02. The van der Waals surface area contributed by atoms with Gasteiger partial charge in [-0.05, 0) is 17.3 Å². The molecule has 0 aliphatic carbocycles. The number of carbonyl (C=O) groups excluding carboxylic acids is 1. The molecule has 1 unspecified atom stereocenters. The molecule has 15 heavy (non-hydrogen) atoms. The molecule has 0 heterocycles. The van der Waals surface area contributed by atoms with Crippen LogP contribution in [0.1, 0.15) is 5.56 Å². The number of hydrogen-bond donors (Lipinski definition) is 2. The maximum Gasteiger partial charge on any atom is 0.325 e. The van der Waals surface area contributed by atoms with Gasteiger partial charge < -0.3 is 4.74 Å². The second-order valence-electron chi connectivity index (χ2n) is 2.94. The summed E-state index contributed by atoms with van der Waals surface area (Å²) < 4.78 is 5.04. The summed E-state index contributed by atoms with van der Waals surface area (Å²) in [7, 11) is 0. The van der Waals surface area contributed by atoms with Crippen LogP contribution in [-0.4, -0.2) is 17.8 Å². The highest BCUT2D eigenvalue weighted by molar-refractivity contribution is 7.80. The van der Waals surface area contributed by atoms with Crippen LogP contribution in [0.2, 0.25) is 0 Å². The second kappa shape index (κ2) is 6.71. The number of ether oxygens (including phenoxy) is 1. The predicted octanol–water partition coefficient (Wildman–Crippen LogP) is 1.77. The highest BCUT2D eigenvalue weighted by atomic mass is 35.5. The molecule has 0 saturated carbocycles. The van der Waals surface area contributed by atoms with Gasteiger partial charge in [0.25, 0.3) is 0 Å². The largest absolute Gasteiger partial charge is 0.460 e. The molecule has 0 aromatic heterocycles. The first-order chi connectivity index (χ1) is 7.27. The Hall–Kier alpha value is -0.710. The summed E-state index contributed by atoms with van der Waals surface area (Å²) in [6, 6.07) is 8.88. The monoisotopic (exact) mass is 245 g/mol. The van der Waals surface area contributed by atoms with E-state index in [1.54, 1.807) is 0 Å². The fourth-order valence-corrected chi connectivity index (χ4v) is 1.50. The van der Waals surface area contributed by atoms with Crippen LogP contribution in [0.25, 0.3) is 0 Å². The minimum Gasteiger partial charge on any atom is -0.460 e. The Morgan fingerprint density at radius 2 is 2.13 bits per heavy atom. The topological polar surface area (TPSA) is 38.3 Å². The van der Waals surface area contributed by atoms with Crippen molar-refractivity contribution in [2.45, 2.75) is 12.6 Å². The van der Waals surface area contributed by atoms with E-state index in [-0.39, 0.29) is 6.61 Å². The second-order valence-corrected chi connectivity index (χ2v) is 3.52. The van der Waals surface area contributed by atoms with E-state index < -0.39 is 12.0 Å². The molecule has 1 rings (SSSR count). The summed E-state index contributed by atoms with van der Waals surface area (Å²) in [5.41, 5.74) is 0.943. The Kier molecular flexibility index (Phi) is 5.53. The van der Waals surface area contributed by atoms with Gasteiger partial charge in [-0.25, -0.2) is 4.84 Å². The first kappa shape index (κ1) is 12.4. The maximum absolute atomic E-state index is 11.4. The van der Waals surface area contributed by atoms with Crippen molar-refractivity contribution in [3.8, 4) is 0 Å². The predicted molar refractivity (Wildman–Crippen MR) is 62.9 cm³/mol. The average molecular weight is 246 g/mol. The van der Waals surface area contributed by atoms with E-state index in [1.807, 2.05) is 30.3 Å².